The van der Waals surface area contributed by atoms with Gasteiger partial charge in [0.1, 0.15) is 7.11 Å². The van der Waals surface area contributed by atoms with Crippen LogP contribution >= 0.6 is 0 Å². The second-order valence-corrected chi connectivity index (χ2v) is 2.61. The molecule has 76 valence electrons. The lowest BCUT2D eigenvalue weighted by Gasteiger charge is -1.97. The van der Waals surface area contributed by atoms with Gasteiger partial charge in [-0.1, -0.05) is 29.4 Å². The Morgan fingerprint density at radius 3 is 2.93 bits per heavy atom. The van der Waals surface area contributed by atoms with Gasteiger partial charge in [0.25, 0.3) is 5.78 Å². The molecule has 0 aliphatic carbocycles. The monoisotopic (exact) mass is 203 g/mol. The molecule has 0 bridgehead atoms. The fourth-order valence-corrected chi connectivity index (χ4v) is 1.07. The molecule has 15 heavy (non-hydrogen) atoms. The van der Waals surface area contributed by atoms with Crippen LogP contribution in [0.3, 0.4) is 0 Å². The molecule has 0 saturated heterocycles. The zero-order valence-electron chi connectivity index (χ0n) is 8.12. The van der Waals surface area contributed by atoms with Crippen LogP contribution in [0, 0.1) is 0 Å². The van der Waals surface area contributed by atoms with Crippen LogP contribution in [-0.2, 0) is 4.84 Å². The highest BCUT2D eigenvalue weighted by atomic mass is 16.6. The van der Waals surface area contributed by atoms with E-state index in [1.54, 1.807) is 24.3 Å². The van der Waals surface area contributed by atoms with E-state index in [4.69, 9.17) is 5.53 Å². The van der Waals surface area contributed by atoms with Crippen LogP contribution < -0.4 is 0 Å². The van der Waals surface area contributed by atoms with Crippen LogP contribution in [0.2, 0.25) is 0 Å². The van der Waals surface area contributed by atoms with Crippen molar-refractivity contribution in [1.82, 2.24) is 0 Å². The average molecular weight is 203 g/mol. The molecule has 0 fully saturated rings. The Hall–Kier alpha value is -2.26. The van der Waals surface area contributed by atoms with Crippen molar-refractivity contribution in [2.24, 2.45) is 5.16 Å². The second-order valence-electron chi connectivity index (χ2n) is 2.61. The number of Topliss-reactive ketones (excluding diaryl/α,β-unsaturated/α-hetero) is 1. The van der Waals surface area contributed by atoms with Crippen LogP contribution in [0.5, 0.6) is 0 Å². The van der Waals surface area contributed by atoms with E-state index in [2.05, 4.69) is 14.8 Å². The quantitative estimate of drug-likeness (QED) is 0.242. The fraction of sp³-hybridized carbons (Fsp3) is 0.100. The summed E-state index contributed by atoms with van der Waals surface area (Å²) in [6.45, 7) is 0. The van der Waals surface area contributed by atoms with Crippen molar-refractivity contribution in [3.63, 3.8) is 0 Å². The molecule has 1 aromatic rings. The number of carbonyl (C=O) groups excluding carboxylic acids is 1. The minimum atomic E-state index is -0.393. The van der Waals surface area contributed by atoms with Crippen molar-refractivity contribution < 1.29 is 14.4 Å². The standard InChI is InChI=1S/C10H9N3O2/c1-15-13-6-8-4-2-3-5-9(8)10(14)7-12-11/h2-7H,1H3. The Bertz CT molecular complexity index is 434. The first-order valence-corrected chi connectivity index (χ1v) is 4.17. The van der Waals surface area contributed by atoms with Crippen molar-refractivity contribution in [1.29, 1.82) is 0 Å². The molecule has 1 aromatic carbocycles. The maximum absolute atomic E-state index is 11.4. The van der Waals surface area contributed by atoms with Gasteiger partial charge in [-0.3, -0.25) is 4.79 Å². The predicted molar refractivity (Wildman–Crippen MR) is 55.1 cm³/mol. The van der Waals surface area contributed by atoms with E-state index in [1.807, 2.05) is 0 Å². The zero-order valence-corrected chi connectivity index (χ0v) is 8.12. The van der Waals surface area contributed by atoms with Crippen LogP contribution in [0.1, 0.15) is 15.9 Å². The Morgan fingerprint density at radius 2 is 2.27 bits per heavy atom. The van der Waals surface area contributed by atoms with Gasteiger partial charge in [-0.05, 0) is 0 Å². The van der Waals surface area contributed by atoms with Crippen molar-refractivity contribution in [2.75, 3.05) is 7.11 Å². The Kier molecular flexibility index (Phi) is 3.94. The van der Waals surface area contributed by atoms with Crippen LogP contribution in [0.25, 0.3) is 5.53 Å². The van der Waals surface area contributed by atoms with Gasteiger partial charge in [0, 0.05) is 11.1 Å². The van der Waals surface area contributed by atoms with Crippen molar-refractivity contribution in [3.05, 3.63) is 40.9 Å². The van der Waals surface area contributed by atoms with Gasteiger partial charge in [-0.15, -0.1) is 0 Å². The summed E-state index contributed by atoms with van der Waals surface area (Å²) in [4.78, 5) is 18.6. The summed E-state index contributed by atoms with van der Waals surface area (Å²) >= 11 is 0. The van der Waals surface area contributed by atoms with E-state index in [-0.39, 0.29) is 0 Å². The summed E-state index contributed by atoms with van der Waals surface area (Å²) in [5.41, 5.74) is 9.26. The summed E-state index contributed by atoms with van der Waals surface area (Å²) in [6.07, 6.45) is 2.25. The molecular weight excluding hydrogens is 194 g/mol. The Labute approximate surface area is 86.6 Å². The van der Waals surface area contributed by atoms with E-state index in [9.17, 15) is 4.79 Å². The van der Waals surface area contributed by atoms with E-state index in [1.165, 1.54) is 13.3 Å². The first kappa shape index (κ1) is 10.8. The van der Waals surface area contributed by atoms with Crippen LogP contribution in [0.4, 0.5) is 0 Å². The number of hydrogen-bond acceptors (Lipinski definition) is 3. The van der Waals surface area contributed by atoms with E-state index in [0.29, 0.717) is 11.1 Å². The topological polar surface area (TPSA) is 75.1 Å². The number of oxime groups is 1. The smallest absolute Gasteiger partial charge is 0.328 e. The number of nitrogens with zero attached hydrogens (tertiary/aromatic N) is 3. The molecule has 0 aliphatic heterocycles. The molecule has 0 atom stereocenters. The molecule has 0 radical (unpaired) electrons. The SMILES string of the molecule is CON=Cc1ccccc1C(=O)C=[N+]=[N-]. The lowest BCUT2D eigenvalue weighted by molar-refractivity contribution is 0.00234. The average Bonchev–Trinajstić information content (AvgIpc) is 2.27. The molecule has 1 rings (SSSR count). The molecule has 0 amide bonds. The highest BCUT2D eigenvalue weighted by Gasteiger charge is 2.10. The van der Waals surface area contributed by atoms with Gasteiger partial charge in [-0.2, -0.15) is 4.79 Å². The maximum Gasteiger partial charge on any atom is 0.328 e. The minimum Gasteiger partial charge on any atom is -0.399 e. The van der Waals surface area contributed by atoms with Crippen molar-refractivity contribution >= 4 is 18.2 Å². The summed E-state index contributed by atoms with van der Waals surface area (Å²) < 4.78 is 0. The molecule has 0 aliphatic rings. The van der Waals surface area contributed by atoms with E-state index >= 15 is 0 Å². The van der Waals surface area contributed by atoms with Gasteiger partial charge >= 0.3 is 6.21 Å². The third-order valence-electron chi connectivity index (χ3n) is 1.70. The number of benzene rings is 1. The van der Waals surface area contributed by atoms with E-state index < -0.39 is 5.78 Å². The molecule has 0 unspecified atom stereocenters. The lowest BCUT2D eigenvalue weighted by atomic mass is 10.1. The molecule has 5 heteroatoms. The zero-order chi connectivity index (χ0) is 11.1. The number of hydrogen-bond donors (Lipinski definition) is 0. The molecule has 5 nitrogen and oxygen atoms in total. The van der Waals surface area contributed by atoms with Gasteiger partial charge in [0.2, 0.25) is 0 Å². The van der Waals surface area contributed by atoms with Crippen molar-refractivity contribution in [3.8, 4) is 0 Å². The summed E-state index contributed by atoms with van der Waals surface area (Å²) in [5, 5.41) is 3.56. The minimum absolute atomic E-state index is 0.393. The van der Waals surface area contributed by atoms with Gasteiger partial charge in [0.05, 0.1) is 6.21 Å². The van der Waals surface area contributed by atoms with Crippen LogP contribution in [-0.4, -0.2) is 30.1 Å². The van der Waals surface area contributed by atoms with Crippen molar-refractivity contribution in [2.45, 2.75) is 0 Å². The third kappa shape index (κ3) is 2.86. The van der Waals surface area contributed by atoms with Gasteiger partial charge in [-0.25, -0.2) is 0 Å². The lowest BCUT2D eigenvalue weighted by Crippen LogP contribution is -2.05. The summed E-state index contributed by atoms with van der Waals surface area (Å²) in [7, 11) is 1.41. The molecular formula is C10H9N3O2. The van der Waals surface area contributed by atoms with Crippen LogP contribution in [0.15, 0.2) is 29.4 Å². The highest BCUT2D eigenvalue weighted by Crippen LogP contribution is 2.06. The molecule has 0 spiro atoms. The Morgan fingerprint density at radius 1 is 1.53 bits per heavy atom. The maximum atomic E-state index is 11.4. The number of ketones is 1. The highest BCUT2D eigenvalue weighted by molar-refractivity contribution is 6.34. The first-order chi connectivity index (χ1) is 7.29. The van der Waals surface area contributed by atoms with Gasteiger partial charge in [0.15, 0.2) is 0 Å². The summed E-state index contributed by atoms with van der Waals surface area (Å²) in [5.74, 6) is -0.393. The molecule has 0 aromatic heterocycles. The third-order valence-corrected chi connectivity index (χ3v) is 1.70. The Balaban J connectivity index is 3.11. The normalized spacial score (nSPS) is 9.67. The number of carbonyl (C=O) groups is 1. The van der Waals surface area contributed by atoms with Gasteiger partial charge < -0.3 is 10.4 Å². The fourth-order valence-electron chi connectivity index (χ4n) is 1.07. The second kappa shape index (κ2) is 5.47. The predicted octanol–water partition coefficient (Wildman–Crippen LogP) is 1.15. The molecule has 0 heterocycles. The summed E-state index contributed by atoms with van der Waals surface area (Å²) in [6, 6.07) is 6.80. The molecule has 0 saturated carbocycles. The van der Waals surface area contributed by atoms with E-state index in [0.717, 1.165) is 6.21 Å². The largest absolute Gasteiger partial charge is 0.399 e. The number of rotatable bonds is 4. The first-order valence-electron chi connectivity index (χ1n) is 4.17. The molecule has 0 N–H and O–H groups in total.